The van der Waals surface area contributed by atoms with Crippen molar-refractivity contribution in [1.82, 2.24) is 5.32 Å². The van der Waals surface area contributed by atoms with Crippen LogP contribution in [0.1, 0.15) is 29.9 Å². The number of hydrogen-bond acceptors (Lipinski definition) is 2. The summed E-state index contributed by atoms with van der Waals surface area (Å²) in [6.07, 6.45) is 2.63. The third kappa shape index (κ3) is 1.54. The van der Waals surface area contributed by atoms with Crippen LogP contribution in [0.2, 0.25) is 0 Å². The normalized spacial score (nSPS) is 19.8. The summed E-state index contributed by atoms with van der Waals surface area (Å²) in [5, 5.41) is 7.99. The fourth-order valence-electron chi connectivity index (χ4n) is 1.92. The van der Waals surface area contributed by atoms with Crippen LogP contribution in [0.15, 0.2) is 10.8 Å². The van der Waals surface area contributed by atoms with Gasteiger partial charge in [-0.3, -0.25) is 0 Å². The van der Waals surface area contributed by atoms with E-state index in [0.717, 1.165) is 5.92 Å². The van der Waals surface area contributed by atoms with Gasteiger partial charge < -0.3 is 5.32 Å². The second-order valence-corrected chi connectivity index (χ2v) is 4.28. The van der Waals surface area contributed by atoms with Crippen LogP contribution < -0.4 is 5.32 Å². The largest absolute Gasteiger partial charge is 0.317 e. The van der Waals surface area contributed by atoms with Gasteiger partial charge in [-0.2, -0.15) is 11.3 Å². The van der Waals surface area contributed by atoms with Crippen molar-refractivity contribution >= 4 is 11.3 Å². The second kappa shape index (κ2) is 3.58. The van der Waals surface area contributed by atoms with Gasteiger partial charge in [-0.15, -0.1) is 0 Å². The number of piperidine rings is 1. The molecule has 0 atom stereocenters. The fourth-order valence-corrected chi connectivity index (χ4v) is 2.85. The molecule has 0 unspecified atom stereocenters. The molecule has 2 heteroatoms. The summed E-state index contributed by atoms with van der Waals surface area (Å²) in [6, 6.07) is 0. The minimum atomic E-state index is 0.831. The molecule has 1 N–H and O–H groups in total. The number of rotatable bonds is 1. The van der Waals surface area contributed by atoms with Crippen molar-refractivity contribution in [2.45, 2.75) is 25.7 Å². The van der Waals surface area contributed by atoms with E-state index >= 15 is 0 Å². The number of aryl methyl sites for hydroxylation is 1. The molecule has 0 radical (unpaired) electrons. The molecule has 0 aliphatic carbocycles. The third-order valence-corrected chi connectivity index (χ3v) is 3.55. The summed E-state index contributed by atoms with van der Waals surface area (Å²) >= 11 is 1.84. The van der Waals surface area contributed by atoms with E-state index in [9.17, 15) is 0 Å². The molecule has 1 aliphatic rings. The van der Waals surface area contributed by atoms with E-state index in [1.807, 2.05) is 11.3 Å². The Bertz CT molecular complexity index is 248. The number of hydrogen-bond donors (Lipinski definition) is 1. The van der Waals surface area contributed by atoms with Gasteiger partial charge in [-0.25, -0.2) is 0 Å². The Hall–Kier alpha value is -0.340. The van der Waals surface area contributed by atoms with Gasteiger partial charge >= 0.3 is 0 Å². The first-order valence-corrected chi connectivity index (χ1v) is 5.55. The molecule has 0 bridgehead atoms. The van der Waals surface area contributed by atoms with E-state index in [2.05, 4.69) is 23.0 Å². The maximum Gasteiger partial charge on any atom is -0.00431 e. The molecule has 66 valence electrons. The van der Waals surface area contributed by atoms with Crippen LogP contribution >= 0.6 is 11.3 Å². The molecular weight excluding hydrogens is 166 g/mol. The Labute approximate surface area is 77.8 Å². The van der Waals surface area contributed by atoms with Crippen molar-refractivity contribution in [3.8, 4) is 0 Å². The van der Waals surface area contributed by atoms with Gasteiger partial charge in [0.2, 0.25) is 0 Å². The second-order valence-electron chi connectivity index (χ2n) is 3.53. The van der Waals surface area contributed by atoms with Crippen LogP contribution in [0.4, 0.5) is 0 Å². The van der Waals surface area contributed by atoms with Gasteiger partial charge in [0.15, 0.2) is 0 Å². The summed E-state index contributed by atoms with van der Waals surface area (Å²) < 4.78 is 0. The van der Waals surface area contributed by atoms with Crippen molar-refractivity contribution in [1.29, 1.82) is 0 Å². The lowest BCUT2D eigenvalue weighted by molar-refractivity contribution is 0.460. The molecular formula is C10H15NS. The standard InChI is InChI=1S/C10H15NS/c1-8-6-12-7-10(8)9-2-4-11-5-3-9/h6-7,9,11H,2-5H2,1H3. The molecule has 1 aliphatic heterocycles. The molecule has 0 amide bonds. The average molecular weight is 181 g/mol. The zero-order valence-electron chi connectivity index (χ0n) is 7.47. The van der Waals surface area contributed by atoms with Crippen LogP contribution in [0.25, 0.3) is 0 Å². The van der Waals surface area contributed by atoms with E-state index < -0.39 is 0 Å². The van der Waals surface area contributed by atoms with Crippen LogP contribution in [0.3, 0.4) is 0 Å². The quantitative estimate of drug-likeness (QED) is 0.702. The molecule has 2 heterocycles. The van der Waals surface area contributed by atoms with Crippen LogP contribution in [0.5, 0.6) is 0 Å². The lowest BCUT2D eigenvalue weighted by Gasteiger charge is -2.22. The predicted octanol–water partition coefficient (Wildman–Crippen LogP) is 2.52. The van der Waals surface area contributed by atoms with E-state index in [0.29, 0.717) is 0 Å². The lowest BCUT2D eigenvalue weighted by Crippen LogP contribution is -2.26. The monoisotopic (exact) mass is 181 g/mol. The summed E-state index contributed by atoms with van der Waals surface area (Å²) in [5.74, 6) is 0.831. The first-order chi connectivity index (χ1) is 5.88. The van der Waals surface area contributed by atoms with Crippen molar-refractivity contribution < 1.29 is 0 Å². The molecule has 0 spiro atoms. The van der Waals surface area contributed by atoms with Crippen LogP contribution in [-0.2, 0) is 0 Å². The molecule has 1 fully saturated rings. The van der Waals surface area contributed by atoms with Gasteiger partial charge in [0, 0.05) is 0 Å². The molecule has 2 rings (SSSR count). The summed E-state index contributed by atoms with van der Waals surface area (Å²) in [5.41, 5.74) is 3.09. The van der Waals surface area contributed by atoms with Crippen molar-refractivity contribution in [2.75, 3.05) is 13.1 Å². The highest BCUT2D eigenvalue weighted by Crippen LogP contribution is 2.29. The Balaban J connectivity index is 2.13. The first-order valence-electron chi connectivity index (χ1n) is 4.61. The molecule has 0 aromatic carbocycles. The average Bonchev–Trinajstić information content (AvgIpc) is 2.53. The lowest BCUT2D eigenvalue weighted by atomic mass is 9.90. The molecule has 1 saturated heterocycles. The molecule has 0 saturated carbocycles. The van der Waals surface area contributed by atoms with Gasteiger partial charge in [-0.1, -0.05) is 0 Å². The summed E-state index contributed by atoms with van der Waals surface area (Å²) in [6.45, 7) is 4.62. The Kier molecular flexibility index (Phi) is 2.47. The van der Waals surface area contributed by atoms with Crippen molar-refractivity contribution in [3.05, 3.63) is 21.9 Å². The Morgan fingerprint density at radius 2 is 2.08 bits per heavy atom. The Morgan fingerprint density at radius 3 is 2.67 bits per heavy atom. The van der Waals surface area contributed by atoms with Crippen molar-refractivity contribution in [2.24, 2.45) is 0 Å². The maximum atomic E-state index is 3.40. The highest BCUT2D eigenvalue weighted by atomic mass is 32.1. The highest BCUT2D eigenvalue weighted by molar-refractivity contribution is 7.08. The molecule has 1 nitrogen and oxygen atoms in total. The number of nitrogens with one attached hydrogen (secondary N) is 1. The van der Waals surface area contributed by atoms with Crippen molar-refractivity contribution in [3.63, 3.8) is 0 Å². The predicted molar refractivity (Wildman–Crippen MR) is 53.9 cm³/mol. The minimum absolute atomic E-state index is 0.831. The minimum Gasteiger partial charge on any atom is -0.317 e. The molecule has 1 aromatic rings. The highest BCUT2D eigenvalue weighted by Gasteiger charge is 2.16. The topological polar surface area (TPSA) is 12.0 Å². The maximum absolute atomic E-state index is 3.40. The van der Waals surface area contributed by atoms with Crippen LogP contribution in [-0.4, -0.2) is 13.1 Å². The zero-order chi connectivity index (χ0) is 8.39. The van der Waals surface area contributed by atoms with E-state index in [1.54, 1.807) is 5.56 Å². The fraction of sp³-hybridized carbons (Fsp3) is 0.600. The van der Waals surface area contributed by atoms with Gasteiger partial charge in [0.05, 0.1) is 0 Å². The summed E-state index contributed by atoms with van der Waals surface area (Å²) in [4.78, 5) is 0. The van der Waals surface area contributed by atoms with Gasteiger partial charge in [-0.05, 0) is 60.7 Å². The first kappa shape index (κ1) is 8.27. The van der Waals surface area contributed by atoms with E-state index in [1.165, 1.54) is 31.5 Å². The third-order valence-electron chi connectivity index (χ3n) is 2.67. The zero-order valence-corrected chi connectivity index (χ0v) is 8.29. The smallest absolute Gasteiger partial charge is 0.00431 e. The SMILES string of the molecule is Cc1cscc1C1CCNCC1. The van der Waals surface area contributed by atoms with E-state index in [4.69, 9.17) is 0 Å². The molecule has 1 aromatic heterocycles. The van der Waals surface area contributed by atoms with Gasteiger partial charge in [0.25, 0.3) is 0 Å². The van der Waals surface area contributed by atoms with Crippen LogP contribution in [0, 0.1) is 6.92 Å². The molecule has 12 heavy (non-hydrogen) atoms. The Morgan fingerprint density at radius 1 is 1.33 bits per heavy atom. The van der Waals surface area contributed by atoms with Gasteiger partial charge in [0.1, 0.15) is 0 Å². The number of thiophene rings is 1. The summed E-state index contributed by atoms with van der Waals surface area (Å²) in [7, 11) is 0. The van der Waals surface area contributed by atoms with E-state index in [-0.39, 0.29) is 0 Å².